The first kappa shape index (κ1) is 20.1. The molecule has 28 heavy (non-hydrogen) atoms. The van der Waals surface area contributed by atoms with Gasteiger partial charge in [0.1, 0.15) is 18.1 Å². The minimum atomic E-state index is -0.313. The second kappa shape index (κ2) is 9.04. The lowest BCUT2D eigenvalue weighted by atomic mass is 10.1. The van der Waals surface area contributed by atoms with Crippen LogP contribution in [0.5, 0.6) is 0 Å². The van der Waals surface area contributed by atoms with Crippen molar-refractivity contribution in [2.45, 2.75) is 52.2 Å². The van der Waals surface area contributed by atoms with Gasteiger partial charge in [-0.15, -0.1) is 0 Å². The zero-order valence-electron chi connectivity index (χ0n) is 16.4. The molecular formula is C22H27FN2O3. The highest BCUT2D eigenvalue weighted by molar-refractivity contribution is 5.85. The van der Waals surface area contributed by atoms with E-state index in [2.05, 4.69) is 0 Å². The summed E-state index contributed by atoms with van der Waals surface area (Å²) in [5, 5.41) is 0. The van der Waals surface area contributed by atoms with E-state index in [1.165, 1.54) is 12.1 Å². The Hall–Kier alpha value is -2.63. The fourth-order valence-electron chi connectivity index (χ4n) is 3.15. The molecule has 0 aliphatic heterocycles. The Bertz CT molecular complexity index is 783. The molecule has 2 amide bonds. The maximum atomic E-state index is 13.2. The van der Waals surface area contributed by atoms with Gasteiger partial charge < -0.3 is 14.2 Å². The lowest BCUT2D eigenvalue weighted by molar-refractivity contribution is -0.142. The van der Waals surface area contributed by atoms with Gasteiger partial charge in [0.15, 0.2) is 0 Å². The number of hydrogen-bond acceptors (Lipinski definition) is 3. The Labute approximate surface area is 165 Å². The van der Waals surface area contributed by atoms with Gasteiger partial charge in [-0.2, -0.15) is 0 Å². The van der Waals surface area contributed by atoms with E-state index >= 15 is 0 Å². The fourth-order valence-corrected chi connectivity index (χ4v) is 3.15. The van der Waals surface area contributed by atoms with Crippen LogP contribution in [0.15, 0.2) is 47.1 Å². The number of carbonyl (C=O) groups excluding carboxylic acids is 2. The van der Waals surface area contributed by atoms with Crippen molar-refractivity contribution >= 4 is 11.8 Å². The third-order valence-corrected chi connectivity index (χ3v) is 4.76. The molecule has 1 aliphatic rings. The number of nitrogens with zero attached hydrogens (tertiary/aromatic N) is 2. The standard InChI is InChI=1S/C22H27FN2O3/c1-16(2)12-21(26)25(19-9-10-19)15-22(27)24(14-20-4-3-11-28-20)13-17-5-7-18(23)8-6-17/h3-8,11,16,19H,9-10,12-15H2,1-2H3. The summed E-state index contributed by atoms with van der Waals surface area (Å²) in [6.07, 6.45) is 3.92. The lowest BCUT2D eigenvalue weighted by Crippen LogP contribution is -2.43. The van der Waals surface area contributed by atoms with Crippen molar-refractivity contribution in [1.29, 1.82) is 0 Å². The third kappa shape index (κ3) is 5.68. The number of hydrogen-bond donors (Lipinski definition) is 0. The van der Waals surface area contributed by atoms with Crippen LogP contribution in [-0.4, -0.2) is 34.2 Å². The highest BCUT2D eigenvalue weighted by Gasteiger charge is 2.34. The van der Waals surface area contributed by atoms with E-state index in [0.717, 1.165) is 18.4 Å². The number of carbonyl (C=O) groups is 2. The zero-order chi connectivity index (χ0) is 20.1. The number of rotatable bonds is 9. The summed E-state index contributed by atoms with van der Waals surface area (Å²) in [5.74, 6) is 0.506. The van der Waals surface area contributed by atoms with Crippen LogP contribution in [0.3, 0.4) is 0 Å². The topological polar surface area (TPSA) is 53.8 Å². The average molecular weight is 386 g/mol. The van der Waals surface area contributed by atoms with Crippen LogP contribution in [0.25, 0.3) is 0 Å². The largest absolute Gasteiger partial charge is 0.467 e. The molecule has 2 aromatic rings. The molecule has 1 saturated carbocycles. The molecule has 0 bridgehead atoms. The van der Waals surface area contributed by atoms with E-state index in [4.69, 9.17) is 4.42 Å². The predicted octanol–water partition coefficient (Wildman–Crippen LogP) is 3.98. The number of amides is 2. The minimum absolute atomic E-state index is 0.0329. The van der Waals surface area contributed by atoms with Crippen LogP contribution in [-0.2, 0) is 22.7 Å². The van der Waals surface area contributed by atoms with Crippen LogP contribution in [0.2, 0.25) is 0 Å². The quantitative estimate of drug-likeness (QED) is 0.655. The van der Waals surface area contributed by atoms with Crippen molar-refractivity contribution < 1.29 is 18.4 Å². The molecule has 0 spiro atoms. The number of halogens is 1. The Morgan fingerprint density at radius 1 is 1.11 bits per heavy atom. The average Bonchev–Trinajstić information content (AvgIpc) is 3.36. The van der Waals surface area contributed by atoms with Crippen molar-refractivity contribution in [1.82, 2.24) is 9.80 Å². The smallest absolute Gasteiger partial charge is 0.242 e. The van der Waals surface area contributed by atoms with Crippen LogP contribution in [0, 0.1) is 11.7 Å². The normalized spacial score (nSPS) is 13.6. The molecule has 0 unspecified atom stereocenters. The first-order chi connectivity index (χ1) is 13.4. The Morgan fingerprint density at radius 3 is 2.39 bits per heavy atom. The molecule has 1 aliphatic carbocycles. The van der Waals surface area contributed by atoms with Crippen molar-refractivity contribution in [3.05, 3.63) is 59.8 Å². The molecule has 6 heteroatoms. The highest BCUT2D eigenvalue weighted by Crippen LogP contribution is 2.28. The van der Waals surface area contributed by atoms with Gasteiger partial charge in [-0.25, -0.2) is 4.39 Å². The van der Waals surface area contributed by atoms with Gasteiger partial charge in [0.25, 0.3) is 0 Å². The van der Waals surface area contributed by atoms with Crippen molar-refractivity contribution in [3.8, 4) is 0 Å². The van der Waals surface area contributed by atoms with Crippen LogP contribution in [0.1, 0.15) is 44.4 Å². The summed E-state index contributed by atoms with van der Waals surface area (Å²) in [7, 11) is 0. The van der Waals surface area contributed by atoms with E-state index in [9.17, 15) is 14.0 Å². The molecule has 1 fully saturated rings. The second-order valence-electron chi connectivity index (χ2n) is 7.81. The van der Waals surface area contributed by atoms with Gasteiger partial charge >= 0.3 is 0 Å². The Morgan fingerprint density at radius 2 is 1.82 bits per heavy atom. The van der Waals surface area contributed by atoms with E-state index in [1.807, 2.05) is 19.9 Å². The number of benzene rings is 1. The van der Waals surface area contributed by atoms with E-state index in [-0.39, 0.29) is 36.1 Å². The SMILES string of the molecule is CC(C)CC(=O)N(CC(=O)N(Cc1ccc(F)cc1)Cc1ccco1)C1CC1. The van der Waals surface area contributed by atoms with E-state index in [0.29, 0.717) is 25.3 Å². The molecule has 0 N–H and O–H groups in total. The molecule has 1 aromatic heterocycles. The van der Waals surface area contributed by atoms with E-state index in [1.54, 1.807) is 34.3 Å². The Balaban J connectivity index is 1.72. The zero-order valence-corrected chi connectivity index (χ0v) is 16.4. The molecule has 0 radical (unpaired) electrons. The van der Waals surface area contributed by atoms with Crippen molar-refractivity contribution in [2.75, 3.05) is 6.54 Å². The maximum absolute atomic E-state index is 13.2. The number of furan rings is 1. The van der Waals surface area contributed by atoms with E-state index < -0.39 is 0 Å². The molecule has 0 saturated heterocycles. The van der Waals surface area contributed by atoms with Crippen LogP contribution < -0.4 is 0 Å². The summed E-state index contributed by atoms with van der Waals surface area (Å²) >= 11 is 0. The van der Waals surface area contributed by atoms with Gasteiger partial charge in [-0.1, -0.05) is 26.0 Å². The molecule has 1 aromatic carbocycles. The summed E-state index contributed by atoms with van der Waals surface area (Å²) in [6, 6.07) is 9.86. The Kier molecular flexibility index (Phi) is 6.49. The maximum Gasteiger partial charge on any atom is 0.242 e. The third-order valence-electron chi connectivity index (χ3n) is 4.76. The highest BCUT2D eigenvalue weighted by atomic mass is 19.1. The lowest BCUT2D eigenvalue weighted by Gasteiger charge is -2.28. The second-order valence-corrected chi connectivity index (χ2v) is 7.81. The molecule has 0 atom stereocenters. The molecule has 5 nitrogen and oxygen atoms in total. The molecule has 3 rings (SSSR count). The molecule has 150 valence electrons. The summed E-state index contributed by atoms with van der Waals surface area (Å²) in [5.41, 5.74) is 0.827. The first-order valence-corrected chi connectivity index (χ1v) is 9.76. The van der Waals surface area contributed by atoms with Gasteiger partial charge in [0.05, 0.1) is 12.8 Å². The van der Waals surface area contributed by atoms with Gasteiger partial charge in [-0.3, -0.25) is 9.59 Å². The first-order valence-electron chi connectivity index (χ1n) is 9.76. The molecular weight excluding hydrogens is 359 g/mol. The summed E-state index contributed by atoms with van der Waals surface area (Å²) < 4.78 is 18.6. The minimum Gasteiger partial charge on any atom is -0.467 e. The van der Waals surface area contributed by atoms with Crippen LogP contribution >= 0.6 is 0 Å². The van der Waals surface area contributed by atoms with Crippen molar-refractivity contribution in [2.24, 2.45) is 5.92 Å². The summed E-state index contributed by atoms with van der Waals surface area (Å²) in [4.78, 5) is 29.1. The predicted molar refractivity (Wildman–Crippen MR) is 104 cm³/mol. The van der Waals surface area contributed by atoms with Crippen LogP contribution in [0.4, 0.5) is 4.39 Å². The molecule has 1 heterocycles. The fraction of sp³-hybridized carbons (Fsp3) is 0.455. The van der Waals surface area contributed by atoms with Gasteiger partial charge in [0, 0.05) is 19.0 Å². The van der Waals surface area contributed by atoms with Gasteiger partial charge in [0.2, 0.25) is 11.8 Å². The van der Waals surface area contributed by atoms with Gasteiger partial charge in [-0.05, 0) is 48.6 Å². The van der Waals surface area contributed by atoms with Crippen molar-refractivity contribution in [3.63, 3.8) is 0 Å². The monoisotopic (exact) mass is 386 g/mol. The summed E-state index contributed by atoms with van der Waals surface area (Å²) in [6.45, 7) is 4.71.